The summed E-state index contributed by atoms with van der Waals surface area (Å²) in [5.41, 5.74) is 1.01. The van der Waals surface area contributed by atoms with E-state index in [2.05, 4.69) is 11.7 Å². The van der Waals surface area contributed by atoms with Crippen molar-refractivity contribution in [3.8, 4) is 5.75 Å². The lowest BCUT2D eigenvalue weighted by Crippen LogP contribution is -2.30. The molecule has 2 aromatic rings. The molecule has 0 spiro atoms. The Kier molecular flexibility index (Phi) is 5.95. The summed E-state index contributed by atoms with van der Waals surface area (Å²) < 4.78 is 69.6. The fourth-order valence-electron chi connectivity index (χ4n) is 5.75. The molecule has 0 amide bonds. The predicted octanol–water partition coefficient (Wildman–Crippen LogP) is 8.12. The first-order valence-electron chi connectivity index (χ1n) is 10.9. The maximum atomic E-state index is 14.5. The SMILES string of the molecule is CCC[C@@H]1CC[C@@H]2CC(c3ccc4c(F)c(OC(F)(F)F)c(F)cc4c3)CCC2C1. The Morgan fingerprint density at radius 1 is 0.967 bits per heavy atom. The summed E-state index contributed by atoms with van der Waals surface area (Å²) in [5, 5.41) is 0.207. The summed E-state index contributed by atoms with van der Waals surface area (Å²) in [6.45, 7) is 2.24. The molecular weight excluding hydrogens is 399 g/mol. The zero-order valence-electron chi connectivity index (χ0n) is 17.1. The third-order valence-electron chi connectivity index (χ3n) is 7.12. The van der Waals surface area contributed by atoms with Crippen LogP contribution in [0.1, 0.15) is 69.8 Å². The van der Waals surface area contributed by atoms with Gasteiger partial charge in [-0.15, -0.1) is 13.2 Å². The summed E-state index contributed by atoms with van der Waals surface area (Å²) in [4.78, 5) is 0. The van der Waals surface area contributed by atoms with Crippen LogP contribution in [0.2, 0.25) is 0 Å². The highest BCUT2D eigenvalue weighted by molar-refractivity contribution is 5.85. The highest BCUT2D eigenvalue weighted by atomic mass is 19.4. The van der Waals surface area contributed by atoms with Crippen LogP contribution in [0.5, 0.6) is 5.75 Å². The minimum absolute atomic E-state index is 0.0619. The van der Waals surface area contributed by atoms with Gasteiger partial charge in [0.2, 0.25) is 5.75 Å². The summed E-state index contributed by atoms with van der Waals surface area (Å²) in [7, 11) is 0. The van der Waals surface area contributed by atoms with Gasteiger partial charge in [-0.2, -0.15) is 0 Å². The van der Waals surface area contributed by atoms with E-state index >= 15 is 0 Å². The van der Waals surface area contributed by atoms with Crippen LogP contribution in [-0.4, -0.2) is 6.36 Å². The van der Waals surface area contributed by atoms with Gasteiger partial charge in [-0.1, -0.05) is 44.4 Å². The molecule has 6 heteroatoms. The maximum absolute atomic E-state index is 14.5. The van der Waals surface area contributed by atoms with Crippen LogP contribution in [-0.2, 0) is 0 Å². The van der Waals surface area contributed by atoms with E-state index in [1.165, 1.54) is 44.6 Å². The van der Waals surface area contributed by atoms with Gasteiger partial charge in [0.25, 0.3) is 0 Å². The van der Waals surface area contributed by atoms with E-state index in [4.69, 9.17) is 0 Å². The second kappa shape index (κ2) is 8.35. The number of alkyl halides is 3. The highest BCUT2D eigenvalue weighted by Crippen LogP contribution is 2.48. The average molecular weight is 426 g/mol. The molecule has 2 saturated carbocycles. The zero-order chi connectivity index (χ0) is 21.5. The first-order chi connectivity index (χ1) is 14.2. The molecule has 0 aromatic heterocycles. The molecular formula is C24H27F5O. The smallest absolute Gasteiger partial charge is 0.399 e. The van der Waals surface area contributed by atoms with E-state index in [1.54, 1.807) is 12.1 Å². The summed E-state index contributed by atoms with van der Waals surface area (Å²) >= 11 is 0. The summed E-state index contributed by atoms with van der Waals surface area (Å²) in [6.07, 6.45) is 4.57. The summed E-state index contributed by atoms with van der Waals surface area (Å²) in [6, 6.07) is 5.89. The molecule has 1 nitrogen and oxygen atoms in total. The minimum atomic E-state index is -5.15. The third-order valence-corrected chi connectivity index (χ3v) is 7.12. The fourth-order valence-corrected chi connectivity index (χ4v) is 5.75. The molecule has 0 saturated heterocycles. The van der Waals surface area contributed by atoms with Gasteiger partial charge in [-0.25, -0.2) is 8.78 Å². The van der Waals surface area contributed by atoms with Crippen molar-refractivity contribution in [3.63, 3.8) is 0 Å². The number of ether oxygens (including phenoxy) is 1. The predicted molar refractivity (Wildman–Crippen MR) is 106 cm³/mol. The average Bonchev–Trinajstić information content (AvgIpc) is 2.70. The van der Waals surface area contributed by atoms with Crippen LogP contribution in [0.3, 0.4) is 0 Å². The van der Waals surface area contributed by atoms with Gasteiger partial charge in [-0.3, -0.25) is 0 Å². The Hall–Kier alpha value is -1.85. The molecule has 0 aliphatic heterocycles. The van der Waals surface area contributed by atoms with Gasteiger partial charge in [-0.05, 0) is 72.8 Å². The number of benzene rings is 2. The molecule has 0 N–H and O–H groups in total. The second-order valence-corrected chi connectivity index (χ2v) is 9.03. The van der Waals surface area contributed by atoms with Crippen LogP contribution in [0.25, 0.3) is 10.8 Å². The van der Waals surface area contributed by atoms with Crippen LogP contribution in [0, 0.1) is 29.4 Å². The zero-order valence-corrected chi connectivity index (χ0v) is 17.1. The Balaban J connectivity index is 1.54. The van der Waals surface area contributed by atoms with E-state index in [-0.39, 0.29) is 10.8 Å². The Labute approximate surface area is 173 Å². The molecule has 2 fully saturated rings. The van der Waals surface area contributed by atoms with Crippen LogP contribution < -0.4 is 4.74 Å². The van der Waals surface area contributed by atoms with Gasteiger partial charge >= 0.3 is 6.36 Å². The number of halogens is 5. The van der Waals surface area contributed by atoms with Gasteiger partial charge in [0.1, 0.15) is 0 Å². The Morgan fingerprint density at radius 2 is 1.70 bits per heavy atom. The number of hydrogen-bond acceptors (Lipinski definition) is 1. The normalized spacial score (nSPS) is 27.1. The van der Waals surface area contributed by atoms with Crippen molar-refractivity contribution in [3.05, 3.63) is 41.5 Å². The van der Waals surface area contributed by atoms with Gasteiger partial charge in [0.15, 0.2) is 11.6 Å². The molecule has 4 rings (SSSR count). The van der Waals surface area contributed by atoms with E-state index in [0.29, 0.717) is 11.8 Å². The lowest BCUT2D eigenvalue weighted by atomic mass is 9.63. The Bertz CT molecular complexity index is 907. The molecule has 2 unspecified atom stereocenters. The first kappa shape index (κ1) is 21.4. The molecule has 4 atom stereocenters. The standard InChI is InChI=1S/C24H27F5O/c1-2-3-14-4-5-16-11-17(7-6-15(16)10-14)18-8-9-20-19(12-18)13-21(25)23(22(20)26)30-24(27,28)29/h8-9,12-17H,2-7,10-11H2,1H3/t14-,15?,16-,17?/m1/s1. The van der Waals surface area contributed by atoms with Crippen molar-refractivity contribution in [2.75, 3.05) is 0 Å². The molecule has 2 aliphatic carbocycles. The third kappa shape index (κ3) is 4.42. The quantitative estimate of drug-likeness (QED) is 0.449. The highest BCUT2D eigenvalue weighted by Gasteiger charge is 2.36. The van der Waals surface area contributed by atoms with Crippen molar-refractivity contribution in [2.45, 2.75) is 70.6 Å². The maximum Gasteiger partial charge on any atom is 0.573 e. The molecule has 0 heterocycles. The van der Waals surface area contributed by atoms with E-state index < -0.39 is 23.7 Å². The van der Waals surface area contributed by atoms with Crippen LogP contribution in [0.15, 0.2) is 24.3 Å². The molecule has 164 valence electrons. The fraction of sp³-hybridized carbons (Fsp3) is 0.583. The van der Waals surface area contributed by atoms with E-state index in [0.717, 1.165) is 36.3 Å². The number of rotatable bonds is 4. The molecule has 2 aliphatic rings. The monoisotopic (exact) mass is 426 g/mol. The number of hydrogen-bond donors (Lipinski definition) is 0. The van der Waals surface area contributed by atoms with Gasteiger partial charge in [0, 0.05) is 5.39 Å². The largest absolute Gasteiger partial charge is 0.573 e. The number of fused-ring (bicyclic) bond motifs is 2. The topological polar surface area (TPSA) is 9.23 Å². The summed E-state index contributed by atoms with van der Waals surface area (Å²) in [5.74, 6) is -1.39. The Morgan fingerprint density at radius 3 is 2.43 bits per heavy atom. The lowest BCUT2D eigenvalue weighted by molar-refractivity contribution is -0.276. The van der Waals surface area contributed by atoms with Crippen molar-refractivity contribution < 1.29 is 26.7 Å². The van der Waals surface area contributed by atoms with Gasteiger partial charge < -0.3 is 4.74 Å². The molecule has 30 heavy (non-hydrogen) atoms. The molecule has 0 bridgehead atoms. The minimum Gasteiger partial charge on any atom is -0.399 e. The lowest BCUT2D eigenvalue weighted by Gasteiger charge is -2.42. The molecule has 2 aromatic carbocycles. The van der Waals surface area contributed by atoms with Crippen molar-refractivity contribution >= 4 is 10.8 Å². The van der Waals surface area contributed by atoms with E-state index in [1.807, 2.05) is 0 Å². The van der Waals surface area contributed by atoms with Crippen molar-refractivity contribution in [1.29, 1.82) is 0 Å². The van der Waals surface area contributed by atoms with Crippen molar-refractivity contribution in [1.82, 2.24) is 0 Å². The van der Waals surface area contributed by atoms with Gasteiger partial charge in [0.05, 0.1) is 0 Å². The van der Waals surface area contributed by atoms with E-state index in [9.17, 15) is 22.0 Å². The molecule has 0 radical (unpaired) electrons. The van der Waals surface area contributed by atoms with Crippen LogP contribution >= 0.6 is 0 Å². The first-order valence-corrected chi connectivity index (χ1v) is 10.9. The van der Waals surface area contributed by atoms with Crippen LogP contribution in [0.4, 0.5) is 22.0 Å². The second-order valence-electron chi connectivity index (χ2n) is 9.03. The van der Waals surface area contributed by atoms with Crippen molar-refractivity contribution in [2.24, 2.45) is 17.8 Å².